The van der Waals surface area contributed by atoms with Gasteiger partial charge in [-0.2, -0.15) is 0 Å². The highest BCUT2D eigenvalue weighted by molar-refractivity contribution is 5.36. The van der Waals surface area contributed by atoms with Crippen molar-refractivity contribution in [2.24, 2.45) is 7.05 Å². The normalized spacial score (nSPS) is 17.0. The number of nitrogens with zero attached hydrogens (tertiary/aromatic N) is 1. The highest BCUT2D eigenvalue weighted by atomic mass is 16.1. The second kappa shape index (κ2) is 2.91. The molecule has 0 unspecified atom stereocenters. The van der Waals surface area contributed by atoms with E-state index in [2.05, 4.69) is 0 Å². The molecule has 0 aromatic carbocycles. The van der Waals surface area contributed by atoms with Crippen molar-refractivity contribution in [3.63, 3.8) is 0 Å². The molecule has 1 aromatic heterocycles. The zero-order chi connectivity index (χ0) is 9.42. The van der Waals surface area contributed by atoms with Crippen LogP contribution in [0.15, 0.2) is 16.9 Å². The van der Waals surface area contributed by atoms with Crippen LogP contribution in [0.25, 0.3) is 0 Å². The predicted octanol–water partition coefficient (Wildman–Crippen LogP) is 1.23. The molecule has 0 atom stereocenters. The number of anilines is 1. The first-order chi connectivity index (χ1) is 6.20. The fourth-order valence-electron chi connectivity index (χ4n) is 1.78. The fourth-order valence-corrected chi connectivity index (χ4v) is 1.78. The zero-order valence-electron chi connectivity index (χ0n) is 7.79. The number of hydrogen-bond donors (Lipinski definition) is 1. The molecule has 13 heavy (non-hydrogen) atoms. The third kappa shape index (κ3) is 1.24. The van der Waals surface area contributed by atoms with Crippen LogP contribution in [-0.4, -0.2) is 4.57 Å². The van der Waals surface area contributed by atoms with Crippen molar-refractivity contribution >= 4 is 5.69 Å². The van der Waals surface area contributed by atoms with Gasteiger partial charge in [-0.3, -0.25) is 4.79 Å². The minimum atomic E-state index is -0.0654. The first-order valence-corrected chi connectivity index (χ1v) is 4.65. The van der Waals surface area contributed by atoms with E-state index in [1.807, 2.05) is 6.07 Å². The van der Waals surface area contributed by atoms with E-state index in [0.717, 1.165) is 5.69 Å². The van der Waals surface area contributed by atoms with Crippen LogP contribution in [0.3, 0.4) is 0 Å². The van der Waals surface area contributed by atoms with Gasteiger partial charge in [0, 0.05) is 12.7 Å². The summed E-state index contributed by atoms with van der Waals surface area (Å²) in [5, 5.41) is 0. The summed E-state index contributed by atoms with van der Waals surface area (Å²) in [5.41, 5.74) is 6.92. The molecule has 0 bridgehead atoms. The van der Waals surface area contributed by atoms with Gasteiger partial charge < -0.3 is 10.3 Å². The maximum absolute atomic E-state index is 11.5. The van der Waals surface area contributed by atoms with E-state index in [9.17, 15) is 4.79 Å². The second-order valence-corrected chi connectivity index (χ2v) is 3.71. The summed E-state index contributed by atoms with van der Waals surface area (Å²) in [5.74, 6) is 0.582. The van der Waals surface area contributed by atoms with E-state index >= 15 is 0 Å². The van der Waals surface area contributed by atoms with Crippen LogP contribution in [0, 0.1) is 0 Å². The third-order valence-corrected chi connectivity index (χ3v) is 2.90. The molecule has 1 heterocycles. The Kier molecular flexibility index (Phi) is 1.87. The SMILES string of the molecule is Cn1c(C2CCC2)ccc(N)c1=O. The fraction of sp³-hybridized carbons (Fsp3) is 0.500. The smallest absolute Gasteiger partial charge is 0.273 e. The molecule has 2 rings (SSSR count). The quantitative estimate of drug-likeness (QED) is 0.703. The molecule has 1 saturated carbocycles. The van der Waals surface area contributed by atoms with Gasteiger partial charge in [-0.1, -0.05) is 6.42 Å². The van der Waals surface area contributed by atoms with E-state index < -0.39 is 0 Å². The third-order valence-electron chi connectivity index (χ3n) is 2.90. The van der Waals surface area contributed by atoms with Crippen molar-refractivity contribution < 1.29 is 0 Å². The van der Waals surface area contributed by atoms with Crippen LogP contribution in [-0.2, 0) is 7.05 Å². The highest BCUT2D eigenvalue weighted by Gasteiger charge is 2.21. The lowest BCUT2D eigenvalue weighted by molar-refractivity contribution is 0.399. The van der Waals surface area contributed by atoms with Gasteiger partial charge in [0.25, 0.3) is 5.56 Å². The summed E-state index contributed by atoms with van der Waals surface area (Å²) in [7, 11) is 1.80. The summed E-state index contributed by atoms with van der Waals surface area (Å²) in [4.78, 5) is 11.5. The van der Waals surface area contributed by atoms with E-state index in [1.165, 1.54) is 19.3 Å². The Morgan fingerprint density at radius 2 is 2.15 bits per heavy atom. The minimum absolute atomic E-state index is 0.0654. The van der Waals surface area contributed by atoms with Crippen LogP contribution in [0.1, 0.15) is 30.9 Å². The summed E-state index contributed by atoms with van der Waals surface area (Å²) in [6, 6.07) is 3.69. The molecule has 0 amide bonds. The van der Waals surface area contributed by atoms with Crippen LogP contribution in [0.2, 0.25) is 0 Å². The maximum atomic E-state index is 11.5. The highest BCUT2D eigenvalue weighted by Crippen LogP contribution is 2.35. The topological polar surface area (TPSA) is 48.0 Å². The zero-order valence-corrected chi connectivity index (χ0v) is 7.79. The Balaban J connectivity index is 2.47. The lowest BCUT2D eigenvalue weighted by Crippen LogP contribution is -2.26. The van der Waals surface area contributed by atoms with Gasteiger partial charge in [-0.25, -0.2) is 0 Å². The molecule has 1 aliphatic rings. The molecule has 2 N–H and O–H groups in total. The summed E-state index contributed by atoms with van der Waals surface area (Å²) < 4.78 is 1.68. The van der Waals surface area contributed by atoms with Gasteiger partial charge in [0.15, 0.2) is 0 Å². The molecule has 1 aliphatic carbocycles. The Bertz CT molecular complexity index is 377. The molecule has 1 fully saturated rings. The molecular formula is C10H14N2O. The van der Waals surface area contributed by atoms with Crippen molar-refractivity contribution in [1.29, 1.82) is 0 Å². The van der Waals surface area contributed by atoms with Gasteiger partial charge in [-0.15, -0.1) is 0 Å². The maximum Gasteiger partial charge on any atom is 0.273 e. The van der Waals surface area contributed by atoms with Crippen LogP contribution >= 0.6 is 0 Å². The van der Waals surface area contributed by atoms with Crippen molar-refractivity contribution in [1.82, 2.24) is 4.57 Å². The standard InChI is InChI=1S/C10H14N2O/c1-12-9(7-3-2-4-7)6-5-8(11)10(12)13/h5-7H,2-4,11H2,1H3. The Labute approximate surface area is 77.2 Å². The number of pyridine rings is 1. The molecule has 0 spiro atoms. The molecule has 70 valence electrons. The second-order valence-electron chi connectivity index (χ2n) is 3.71. The number of nitrogen functional groups attached to an aromatic ring is 1. The lowest BCUT2D eigenvalue weighted by atomic mass is 9.82. The van der Waals surface area contributed by atoms with Crippen molar-refractivity contribution in [3.8, 4) is 0 Å². The molecular weight excluding hydrogens is 164 g/mol. The van der Waals surface area contributed by atoms with E-state index in [0.29, 0.717) is 11.6 Å². The number of aromatic nitrogens is 1. The molecule has 1 aromatic rings. The molecule has 0 saturated heterocycles. The van der Waals surface area contributed by atoms with Crippen molar-refractivity contribution in [2.75, 3.05) is 5.73 Å². The number of hydrogen-bond acceptors (Lipinski definition) is 2. The van der Waals surface area contributed by atoms with Gasteiger partial charge in [0.2, 0.25) is 0 Å². The van der Waals surface area contributed by atoms with E-state index in [-0.39, 0.29) is 5.56 Å². The lowest BCUT2D eigenvalue weighted by Gasteiger charge is -2.27. The number of nitrogens with two attached hydrogens (primary N) is 1. The van der Waals surface area contributed by atoms with Crippen LogP contribution < -0.4 is 11.3 Å². The van der Waals surface area contributed by atoms with E-state index in [1.54, 1.807) is 17.7 Å². The molecule has 0 radical (unpaired) electrons. The first-order valence-electron chi connectivity index (χ1n) is 4.65. The van der Waals surface area contributed by atoms with Gasteiger partial charge in [0.05, 0.1) is 5.69 Å². The van der Waals surface area contributed by atoms with Crippen LogP contribution in [0.5, 0.6) is 0 Å². The molecule has 0 aliphatic heterocycles. The summed E-state index contributed by atoms with van der Waals surface area (Å²) in [6.45, 7) is 0. The predicted molar refractivity (Wildman–Crippen MR) is 52.7 cm³/mol. The van der Waals surface area contributed by atoms with Crippen molar-refractivity contribution in [3.05, 3.63) is 28.2 Å². The summed E-state index contributed by atoms with van der Waals surface area (Å²) in [6.07, 6.45) is 3.69. The monoisotopic (exact) mass is 178 g/mol. The average molecular weight is 178 g/mol. The minimum Gasteiger partial charge on any atom is -0.394 e. The van der Waals surface area contributed by atoms with E-state index in [4.69, 9.17) is 5.73 Å². The average Bonchev–Trinajstić information content (AvgIpc) is 2.03. The van der Waals surface area contributed by atoms with Crippen molar-refractivity contribution in [2.45, 2.75) is 25.2 Å². The number of rotatable bonds is 1. The Morgan fingerprint density at radius 1 is 1.46 bits per heavy atom. The summed E-state index contributed by atoms with van der Waals surface area (Å²) >= 11 is 0. The van der Waals surface area contributed by atoms with Gasteiger partial charge in [0.1, 0.15) is 0 Å². The Hall–Kier alpha value is -1.25. The molecule has 3 heteroatoms. The van der Waals surface area contributed by atoms with Gasteiger partial charge >= 0.3 is 0 Å². The molecule has 3 nitrogen and oxygen atoms in total. The first kappa shape index (κ1) is 8.35. The van der Waals surface area contributed by atoms with Gasteiger partial charge in [-0.05, 0) is 30.9 Å². The largest absolute Gasteiger partial charge is 0.394 e. The van der Waals surface area contributed by atoms with Crippen LogP contribution in [0.4, 0.5) is 5.69 Å². The Morgan fingerprint density at radius 3 is 2.69 bits per heavy atom.